The second-order valence-electron chi connectivity index (χ2n) is 8.08. The van der Waals surface area contributed by atoms with Gasteiger partial charge in [-0.3, -0.25) is 14.5 Å². The smallest absolute Gasteiger partial charge is 0.300 e. The van der Waals surface area contributed by atoms with Gasteiger partial charge in [0, 0.05) is 50.6 Å². The van der Waals surface area contributed by atoms with Crippen LogP contribution in [0.5, 0.6) is 0 Å². The van der Waals surface area contributed by atoms with Crippen molar-refractivity contribution in [3.63, 3.8) is 0 Å². The number of carboxylic acids is 1. The van der Waals surface area contributed by atoms with Crippen LogP contribution in [0.25, 0.3) is 10.9 Å². The zero-order valence-corrected chi connectivity index (χ0v) is 19.1. The first kappa shape index (κ1) is 24.2. The quantitative estimate of drug-likeness (QED) is 0.526. The number of pyridine rings is 1. The maximum atomic E-state index is 12.0. The van der Waals surface area contributed by atoms with Gasteiger partial charge in [0.25, 0.3) is 5.97 Å². The average Bonchev–Trinajstić information content (AvgIpc) is 2.82. The summed E-state index contributed by atoms with van der Waals surface area (Å²) in [6.07, 6.45) is 2.55. The number of hydrogen-bond donors (Lipinski definition) is 2. The number of rotatable bonds is 7. The topological polar surface area (TPSA) is 85.8 Å². The predicted molar refractivity (Wildman–Crippen MR) is 133 cm³/mol. The van der Waals surface area contributed by atoms with Crippen LogP contribution >= 0.6 is 0 Å². The van der Waals surface area contributed by atoms with Crippen LogP contribution in [0.4, 0.5) is 11.5 Å². The van der Waals surface area contributed by atoms with Gasteiger partial charge in [-0.1, -0.05) is 36.4 Å². The number of hydrogen-bond acceptors (Lipinski definition) is 5. The van der Waals surface area contributed by atoms with Crippen molar-refractivity contribution in [3.05, 3.63) is 66.7 Å². The molecule has 0 spiro atoms. The highest BCUT2D eigenvalue weighted by molar-refractivity contribution is 5.90. The predicted octanol–water partition coefficient (Wildman–Crippen LogP) is 4.26. The second-order valence-corrected chi connectivity index (χ2v) is 8.08. The van der Waals surface area contributed by atoms with Crippen molar-refractivity contribution in [2.75, 3.05) is 42.9 Å². The fourth-order valence-corrected chi connectivity index (χ4v) is 3.80. The van der Waals surface area contributed by atoms with Crippen LogP contribution in [0.15, 0.2) is 66.7 Å². The summed E-state index contributed by atoms with van der Waals surface area (Å²) in [7, 11) is 0. The highest BCUT2D eigenvalue weighted by atomic mass is 16.4. The molecule has 1 fully saturated rings. The number of para-hydroxylation sites is 2. The molecule has 2 N–H and O–H groups in total. The van der Waals surface area contributed by atoms with Gasteiger partial charge in [-0.2, -0.15) is 0 Å². The minimum absolute atomic E-state index is 0.100. The van der Waals surface area contributed by atoms with Crippen LogP contribution in [0.1, 0.15) is 26.2 Å². The first-order chi connectivity index (χ1) is 16.0. The summed E-state index contributed by atoms with van der Waals surface area (Å²) < 4.78 is 0. The Hall–Kier alpha value is -3.45. The minimum atomic E-state index is -0.833. The van der Waals surface area contributed by atoms with Crippen LogP contribution in [0.2, 0.25) is 0 Å². The van der Waals surface area contributed by atoms with Crippen molar-refractivity contribution < 1.29 is 14.7 Å². The lowest BCUT2D eigenvalue weighted by atomic mass is 10.2. The highest BCUT2D eigenvalue weighted by Gasteiger charge is 2.18. The van der Waals surface area contributed by atoms with E-state index in [9.17, 15) is 4.79 Å². The number of carbonyl (C=O) groups is 2. The van der Waals surface area contributed by atoms with Gasteiger partial charge in [-0.15, -0.1) is 0 Å². The molecule has 0 atom stereocenters. The molecule has 0 bridgehead atoms. The number of nitrogens with one attached hydrogen (secondary N) is 1. The van der Waals surface area contributed by atoms with Gasteiger partial charge in [0.15, 0.2) is 0 Å². The van der Waals surface area contributed by atoms with Gasteiger partial charge in [0.05, 0.1) is 5.52 Å². The molecule has 174 valence electrons. The number of unbranched alkanes of at least 4 members (excludes halogenated alkanes) is 1. The van der Waals surface area contributed by atoms with E-state index in [1.807, 2.05) is 42.5 Å². The Morgan fingerprint density at radius 3 is 2.30 bits per heavy atom. The molecule has 3 aromatic rings. The van der Waals surface area contributed by atoms with Crippen molar-refractivity contribution in [2.45, 2.75) is 26.2 Å². The molecule has 2 heterocycles. The van der Waals surface area contributed by atoms with Crippen LogP contribution in [0, 0.1) is 0 Å². The molecule has 1 aliphatic heterocycles. The molecule has 0 aliphatic carbocycles. The molecule has 7 heteroatoms. The third-order valence-corrected chi connectivity index (χ3v) is 5.47. The van der Waals surface area contributed by atoms with Crippen molar-refractivity contribution in [1.29, 1.82) is 0 Å². The summed E-state index contributed by atoms with van der Waals surface area (Å²) >= 11 is 0. The highest BCUT2D eigenvalue weighted by Crippen LogP contribution is 2.19. The van der Waals surface area contributed by atoms with Crippen molar-refractivity contribution in [2.24, 2.45) is 0 Å². The summed E-state index contributed by atoms with van der Waals surface area (Å²) in [6, 6.07) is 22.2. The fourth-order valence-electron chi connectivity index (χ4n) is 3.80. The van der Waals surface area contributed by atoms with E-state index in [4.69, 9.17) is 14.9 Å². The van der Waals surface area contributed by atoms with Gasteiger partial charge in [-0.25, -0.2) is 4.98 Å². The summed E-state index contributed by atoms with van der Waals surface area (Å²) in [4.78, 5) is 30.7. The first-order valence-corrected chi connectivity index (χ1v) is 11.4. The van der Waals surface area contributed by atoms with E-state index >= 15 is 0 Å². The zero-order chi connectivity index (χ0) is 23.5. The maximum Gasteiger partial charge on any atom is 0.300 e. The molecule has 2 aromatic carbocycles. The van der Waals surface area contributed by atoms with Crippen molar-refractivity contribution in [3.8, 4) is 0 Å². The monoisotopic (exact) mass is 448 g/mol. The third kappa shape index (κ3) is 8.20. The van der Waals surface area contributed by atoms with Crippen LogP contribution in [-0.2, 0) is 9.59 Å². The molecule has 0 radical (unpaired) electrons. The lowest BCUT2D eigenvalue weighted by molar-refractivity contribution is -0.134. The molecule has 0 saturated carbocycles. The van der Waals surface area contributed by atoms with Crippen LogP contribution in [-0.4, -0.2) is 59.6 Å². The van der Waals surface area contributed by atoms with E-state index in [2.05, 4.69) is 39.4 Å². The van der Waals surface area contributed by atoms with E-state index in [1.54, 1.807) is 0 Å². The van der Waals surface area contributed by atoms with E-state index in [0.717, 1.165) is 69.5 Å². The molecule has 1 amide bonds. The maximum absolute atomic E-state index is 12.0. The number of carboxylic acid groups (broad SMARTS) is 1. The minimum Gasteiger partial charge on any atom is -0.481 e. The SMILES string of the molecule is CC(=O)O.O=C(CCCCN1CCN(c2ccc3ccccc3n2)CC1)Nc1ccccc1. The number of anilines is 2. The summed E-state index contributed by atoms with van der Waals surface area (Å²) in [6.45, 7) is 6.23. The van der Waals surface area contributed by atoms with E-state index in [1.165, 1.54) is 5.39 Å². The number of fused-ring (bicyclic) bond motifs is 1. The van der Waals surface area contributed by atoms with Gasteiger partial charge in [-0.05, 0) is 49.7 Å². The lowest BCUT2D eigenvalue weighted by Crippen LogP contribution is -2.46. The molecule has 1 aliphatic rings. The molecule has 33 heavy (non-hydrogen) atoms. The van der Waals surface area contributed by atoms with Gasteiger partial charge >= 0.3 is 0 Å². The Labute approximate surface area is 195 Å². The fraction of sp³-hybridized carbons (Fsp3) is 0.346. The van der Waals surface area contributed by atoms with Crippen molar-refractivity contribution in [1.82, 2.24) is 9.88 Å². The molecular formula is C26H32N4O3. The Balaban J connectivity index is 0.000000709. The largest absolute Gasteiger partial charge is 0.481 e. The van der Waals surface area contributed by atoms with Crippen molar-refractivity contribution >= 4 is 34.3 Å². The summed E-state index contributed by atoms with van der Waals surface area (Å²) in [5.74, 6) is 0.337. The summed E-state index contributed by atoms with van der Waals surface area (Å²) in [5, 5.41) is 11.6. The number of nitrogens with zero attached hydrogens (tertiary/aromatic N) is 3. The first-order valence-electron chi connectivity index (χ1n) is 11.4. The normalized spacial score (nSPS) is 13.8. The van der Waals surface area contributed by atoms with Gasteiger partial charge in [0.2, 0.25) is 5.91 Å². The molecule has 7 nitrogen and oxygen atoms in total. The number of carbonyl (C=O) groups excluding carboxylic acids is 1. The molecule has 0 unspecified atom stereocenters. The van der Waals surface area contributed by atoms with E-state index < -0.39 is 5.97 Å². The number of benzene rings is 2. The Kier molecular flexibility index (Phi) is 9.20. The number of aliphatic carboxylic acids is 1. The van der Waals surface area contributed by atoms with Gasteiger partial charge < -0.3 is 15.3 Å². The number of piperazine rings is 1. The Bertz CT molecular complexity index is 1030. The summed E-state index contributed by atoms with van der Waals surface area (Å²) in [5.41, 5.74) is 1.93. The number of aromatic nitrogens is 1. The standard InChI is InChI=1S/C24H28N4O.C2H4O2/c29-24(25-21-9-2-1-3-10-21)12-6-7-15-27-16-18-28(19-17-27)23-14-13-20-8-4-5-11-22(20)26-23;1-2(3)4/h1-5,8-11,13-14H,6-7,12,15-19H2,(H,25,29);1H3,(H,3,4). The number of amides is 1. The average molecular weight is 449 g/mol. The Morgan fingerprint density at radius 2 is 1.58 bits per heavy atom. The molecule has 4 rings (SSSR count). The van der Waals surface area contributed by atoms with Gasteiger partial charge in [0.1, 0.15) is 5.82 Å². The van der Waals surface area contributed by atoms with E-state index in [-0.39, 0.29) is 5.91 Å². The van der Waals surface area contributed by atoms with E-state index in [0.29, 0.717) is 6.42 Å². The Morgan fingerprint density at radius 1 is 0.909 bits per heavy atom. The third-order valence-electron chi connectivity index (χ3n) is 5.47. The van der Waals surface area contributed by atoms with Crippen LogP contribution < -0.4 is 10.2 Å². The lowest BCUT2D eigenvalue weighted by Gasteiger charge is -2.35. The molecular weight excluding hydrogens is 416 g/mol. The zero-order valence-electron chi connectivity index (χ0n) is 19.1. The molecule has 1 aromatic heterocycles. The second kappa shape index (κ2) is 12.6. The van der Waals surface area contributed by atoms with Crippen LogP contribution in [0.3, 0.4) is 0 Å². The molecule has 1 saturated heterocycles.